The van der Waals surface area contributed by atoms with Crippen molar-refractivity contribution in [2.75, 3.05) is 17.2 Å². The Kier molecular flexibility index (Phi) is 5.65. The van der Waals surface area contributed by atoms with Crippen LogP contribution in [0, 0.1) is 6.92 Å². The van der Waals surface area contributed by atoms with Crippen LogP contribution in [0.5, 0.6) is 0 Å². The summed E-state index contributed by atoms with van der Waals surface area (Å²) in [6.45, 7) is 3.79. The van der Waals surface area contributed by atoms with Gasteiger partial charge < -0.3 is 15.7 Å². The average molecular weight is 370 g/mol. The lowest BCUT2D eigenvalue weighted by Gasteiger charge is -2.14. The van der Waals surface area contributed by atoms with Crippen LogP contribution >= 0.6 is 11.6 Å². The molecule has 6 nitrogen and oxygen atoms in total. The Morgan fingerprint density at radius 2 is 2.04 bits per heavy atom. The number of rotatable bonds is 6. The third-order valence-corrected chi connectivity index (χ3v) is 4.18. The second-order valence-corrected chi connectivity index (χ2v) is 6.43. The zero-order valence-electron chi connectivity index (χ0n) is 14.6. The Hall–Kier alpha value is -2.70. The topological polar surface area (TPSA) is 83.0 Å². The predicted octanol–water partition coefficient (Wildman–Crippen LogP) is 4.04. The number of aryl methyl sites for hydroxylation is 1. The van der Waals surface area contributed by atoms with E-state index in [0.29, 0.717) is 16.8 Å². The van der Waals surface area contributed by atoms with Gasteiger partial charge in [-0.2, -0.15) is 4.98 Å². The number of anilines is 3. The highest BCUT2D eigenvalue weighted by Crippen LogP contribution is 2.26. The minimum atomic E-state index is -0.166. The summed E-state index contributed by atoms with van der Waals surface area (Å²) in [5.41, 5.74) is 3.44. The standard InChI is InChI=1S/C19H20ClN5O/c1-12-5-6-15(8-16(12)20)23-18-9-17(14-4-3-7-21-10-14)24-19(25-18)22-13(2)11-26/h3-10,13,26H,11H2,1-2H3,(H2,22,23,24,25)/t13-/m1/s1. The summed E-state index contributed by atoms with van der Waals surface area (Å²) in [7, 11) is 0. The number of benzene rings is 1. The van der Waals surface area contributed by atoms with Crippen molar-refractivity contribution in [3.8, 4) is 11.3 Å². The van der Waals surface area contributed by atoms with Gasteiger partial charge >= 0.3 is 0 Å². The molecule has 1 atom stereocenters. The lowest BCUT2D eigenvalue weighted by Crippen LogP contribution is -2.21. The molecule has 2 aromatic heterocycles. The van der Waals surface area contributed by atoms with Crippen molar-refractivity contribution in [2.24, 2.45) is 0 Å². The van der Waals surface area contributed by atoms with Crippen molar-refractivity contribution in [2.45, 2.75) is 19.9 Å². The normalized spacial score (nSPS) is 11.8. The minimum absolute atomic E-state index is 0.0171. The quantitative estimate of drug-likeness (QED) is 0.608. The van der Waals surface area contributed by atoms with Crippen molar-refractivity contribution >= 4 is 29.1 Å². The summed E-state index contributed by atoms with van der Waals surface area (Å²) in [4.78, 5) is 13.2. The molecule has 2 heterocycles. The first-order valence-electron chi connectivity index (χ1n) is 8.25. The van der Waals surface area contributed by atoms with E-state index in [-0.39, 0.29) is 12.6 Å². The summed E-state index contributed by atoms with van der Waals surface area (Å²) in [5, 5.41) is 16.3. The van der Waals surface area contributed by atoms with Gasteiger partial charge in [-0.25, -0.2) is 4.98 Å². The van der Waals surface area contributed by atoms with E-state index in [2.05, 4.69) is 25.6 Å². The highest BCUT2D eigenvalue weighted by molar-refractivity contribution is 6.31. The minimum Gasteiger partial charge on any atom is -0.394 e. The molecule has 1 aromatic carbocycles. The molecule has 134 valence electrons. The number of nitrogens with zero attached hydrogens (tertiary/aromatic N) is 3. The number of hydrogen-bond donors (Lipinski definition) is 3. The second kappa shape index (κ2) is 8.12. The monoisotopic (exact) mass is 369 g/mol. The molecule has 0 amide bonds. The number of halogens is 1. The van der Waals surface area contributed by atoms with E-state index in [4.69, 9.17) is 11.6 Å². The van der Waals surface area contributed by atoms with Crippen LogP contribution in [0.3, 0.4) is 0 Å². The Balaban J connectivity index is 1.97. The molecule has 0 unspecified atom stereocenters. The summed E-state index contributed by atoms with van der Waals surface area (Å²) in [5.74, 6) is 1.04. The first-order valence-corrected chi connectivity index (χ1v) is 8.63. The lowest BCUT2D eigenvalue weighted by atomic mass is 10.2. The summed E-state index contributed by atoms with van der Waals surface area (Å²) >= 11 is 6.20. The van der Waals surface area contributed by atoms with Crippen LogP contribution < -0.4 is 10.6 Å². The summed E-state index contributed by atoms with van der Waals surface area (Å²) in [6, 6.07) is 11.2. The fourth-order valence-electron chi connectivity index (χ4n) is 2.32. The van der Waals surface area contributed by atoms with E-state index < -0.39 is 0 Å². The number of pyridine rings is 1. The predicted molar refractivity (Wildman–Crippen MR) is 105 cm³/mol. The molecular formula is C19H20ClN5O. The van der Waals surface area contributed by atoms with Crippen LogP contribution in [-0.4, -0.2) is 32.7 Å². The molecule has 26 heavy (non-hydrogen) atoms. The van der Waals surface area contributed by atoms with E-state index in [9.17, 15) is 5.11 Å². The zero-order valence-corrected chi connectivity index (χ0v) is 15.3. The second-order valence-electron chi connectivity index (χ2n) is 6.02. The van der Waals surface area contributed by atoms with Gasteiger partial charge in [0.2, 0.25) is 5.95 Å². The maximum Gasteiger partial charge on any atom is 0.225 e. The van der Waals surface area contributed by atoms with E-state index in [1.807, 2.05) is 50.2 Å². The largest absolute Gasteiger partial charge is 0.394 e. The van der Waals surface area contributed by atoms with Crippen molar-refractivity contribution in [1.29, 1.82) is 0 Å². The Labute approximate surface area is 157 Å². The molecule has 0 aliphatic heterocycles. The maximum absolute atomic E-state index is 9.29. The molecule has 0 aliphatic rings. The van der Waals surface area contributed by atoms with Gasteiger partial charge in [0.1, 0.15) is 5.82 Å². The lowest BCUT2D eigenvalue weighted by molar-refractivity contribution is 0.281. The number of nitrogens with one attached hydrogen (secondary N) is 2. The Bertz CT molecular complexity index is 888. The van der Waals surface area contributed by atoms with Gasteiger partial charge in [0.15, 0.2) is 0 Å². The zero-order chi connectivity index (χ0) is 18.5. The van der Waals surface area contributed by atoms with Crippen LogP contribution in [-0.2, 0) is 0 Å². The molecule has 0 spiro atoms. The highest BCUT2D eigenvalue weighted by atomic mass is 35.5. The van der Waals surface area contributed by atoms with Crippen LogP contribution in [0.25, 0.3) is 11.3 Å². The molecule has 0 bridgehead atoms. The van der Waals surface area contributed by atoms with Gasteiger partial charge in [0.05, 0.1) is 12.3 Å². The first kappa shape index (κ1) is 18.1. The molecule has 0 saturated carbocycles. The summed E-state index contributed by atoms with van der Waals surface area (Å²) in [6.07, 6.45) is 3.46. The van der Waals surface area contributed by atoms with Crippen molar-refractivity contribution < 1.29 is 5.11 Å². The fourth-order valence-corrected chi connectivity index (χ4v) is 2.50. The molecule has 3 rings (SSSR count). The van der Waals surface area contributed by atoms with Gasteiger partial charge in [-0.05, 0) is 43.7 Å². The van der Waals surface area contributed by atoms with Gasteiger partial charge in [0.25, 0.3) is 0 Å². The SMILES string of the molecule is Cc1ccc(Nc2cc(-c3cccnc3)nc(N[C@H](C)CO)n2)cc1Cl. The van der Waals surface area contributed by atoms with Gasteiger partial charge in [-0.1, -0.05) is 17.7 Å². The maximum atomic E-state index is 9.29. The molecule has 0 saturated heterocycles. The Morgan fingerprint density at radius 3 is 2.73 bits per heavy atom. The third kappa shape index (κ3) is 4.47. The number of aliphatic hydroxyl groups is 1. The molecule has 3 N–H and O–H groups in total. The van der Waals surface area contributed by atoms with Crippen molar-refractivity contribution in [1.82, 2.24) is 15.0 Å². The molecule has 0 aliphatic carbocycles. The van der Waals surface area contributed by atoms with E-state index >= 15 is 0 Å². The van der Waals surface area contributed by atoms with E-state index in [0.717, 1.165) is 22.5 Å². The van der Waals surface area contributed by atoms with Crippen LogP contribution in [0.4, 0.5) is 17.5 Å². The molecular weight excluding hydrogens is 350 g/mol. The number of hydrogen-bond acceptors (Lipinski definition) is 6. The fraction of sp³-hybridized carbons (Fsp3) is 0.211. The van der Waals surface area contributed by atoms with Crippen molar-refractivity contribution in [3.05, 3.63) is 59.4 Å². The summed E-state index contributed by atoms with van der Waals surface area (Å²) < 4.78 is 0. The van der Waals surface area contributed by atoms with Crippen LogP contribution in [0.2, 0.25) is 5.02 Å². The van der Waals surface area contributed by atoms with Crippen LogP contribution in [0.15, 0.2) is 48.8 Å². The average Bonchev–Trinajstić information content (AvgIpc) is 2.65. The van der Waals surface area contributed by atoms with Crippen molar-refractivity contribution in [3.63, 3.8) is 0 Å². The Morgan fingerprint density at radius 1 is 1.19 bits per heavy atom. The molecule has 0 radical (unpaired) electrons. The highest BCUT2D eigenvalue weighted by Gasteiger charge is 2.10. The van der Waals surface area contributed by atoms with E-state index in [1.165, 1.54) is 0 Å². The molecule has 3 aromatic rings. The number of aromatic nitrogens is 3. The third-order valence-electron chi connectivity index (χ3n) is 3.78. The van der Waals surface area contributed by atoms with Gasteiger partial charge in [0, 0.05) is 40.8 Å². The molecule has 0 fully saturated rings. The van der Waals surface area contributed by atoms with Gasteiger partial charge in [-0.3, -0.25) is 4.98 Å². The first-order chi connectivity index (χ1) is 12.5. The smallest absolute Gasteiger partial charge is 0.225 e. The van der Waals surface area contributed by atoms with Crippen LogP contribution in [0.1, 0.15) is 12.5 Å². The molecule has 7 heteroatoms. The van der Waals surface area contributed by atoms with Gasteiger partial charge in [-0.15, -0.1) is 0 Å². The number of aliphatic hydroxyl groups excluding tert-OH is 1. The van der Waals surface area contributed by atoms with E-state index in [1.54, 1.807) is 12.4 Å².